The lowest BCUT2D eigenvalue weighted by atomic mass is 9.88. The van der Waals surface area contributed by atoms with E-state index >= 15 is 0 Å². The van der Waals surface area contributed by atoms with Crippen LogP contribution in [0.5, 0.6) is 11.5 Å². The van der Waals surface area contributed by atoms with E-state index in [1.165, 1.54) is 22.5 Å². The molecule has 0 radical (unpaired) electrons. The molecule has 2 aromatic rings. The molecule has 0 bridgehead atoms. The van der Waals surface area contributed by atoms with Gasteiger partial charge in [0, 0.05) is 25.6 Å². The molecule has 0 saturated carbocycles. The molecule has 0 unspecified atom stereocenters. The summed E-state index contributed by atoms with van der Waals surface area (Å²) in [5.74, 6) is 0.747. The highest BCUT2D eigenvalue weighted by atomic mass is 32.2. The third-order valence-corrected chi connectivity index (χ3v) is 8.81. The Morgan fingerprint density at radius 1 is 1.14 bits per heavy atom. The van der Waals surface area contributed by atoms with Crippen LogP contribution in [0.3, 0.4) is 0 Å². The molecule has 42 heavy (non-hydrogen) atoms. The molecule has 0 aliphatic carbocycles. The number of fused-ring (bicyclic) bond motifs is 1. The third-order valence-electron chi connectivity index (χ3n) is 7.00. The third kappa shape index (κ3) is 8.56. The molecule has 2 N–H and O–H groups in total. The number of nitrogens with zero attached hydrogens (tertiary/aromatic N) is 2. The summed E-state index contributed by atoms with van der Waals surface area (Å²) < 4.78 is 55.7. The minimum Gasteiger partial charge on any atom is -0.454 e. The number of alkyl carbamates (subject to hydrolysis) is 1. The monoisotopic (exact) mass is 603 g/mol. The Morgan fingerprint density at radius 2 is 1.86 bits per heavy atom. The molecule has 13 heteroatoms. The Morgan fingerprint density at radius 3 is 2.57 bits per heavy atom. The van der Waals surface area contributed by atoms with Crippen molar-refractivity contribution in [1.29, 1.82) is 5.26 Å². The summed E-state index contributed by atoms with van der Waals surface area (Å²) in [6, 6.07) is 14.8. The van der Waals surface area contributed by atoms with Crippen LogP contribution < -0.4 is 14.8 Å². The number of carbonyl (C=O) groups is 1. The van der Waals surface area contributed by atoms with Crippen LogP contribution in [-0.2, 0) is 30.7 Å². The molecule has 1 fully saturated rings. The fraction of sp³-hybridized carbons (Fsp3) is 0.517. The summed E-state index contributed by atoms with van der Waals surface area (Å²) >= 11 is 0. The Bertz CT molecular complexity index is 1340. The largest absolute Gasteiger partial charge is 0.454 e. The lowest BCUT2D eigenvalue weighted by Gasteiger charge is -2.35. The molecule has 228 valence electrons. The van der Waals surface area contributed by atoms with Crippen LogP contribution in [0.25, 0.3) is 0 Å². The number of carbonyl (C=O) groups excluding carboxylic acids is 1. The standard InChI is InChI=1S/C29H37N3O9S/c1-29(2,11-6-12-30)18-32(42(35,36)23-9-10-26-27(14-23)40-20-39-26)15-25(33)24(13-21-7-4-3-5-8-21)31-28(34)41-22-16-37-19-38-17-22/h3-5,7-10,14,22,24-25,33H,6,11,13,15-20H2,1-2H3,(H,31,34)/t24-,25+/m0/s1. The van der Waals surface area contributed by atoms with Crippen molar-refractivity contribution >= 4 is 16.1 Å². The van der Waals surface area contributed by atoms with Crippen LogP contribution in [-0.4, -0.2) is 82.1 Å². The van der Waals surface area contributed by atoms with Crippen LogP contribution in [0.2, 0.25) is 0 Å². The summed E-state index contributed by atoms with van der Waals surface area (Å²) in [5, 5.41) is 23.4. The van der Waals surface area contributed by atoms with Gasteiger partial charge in [-0.3, -0.25) is 0 Å². The summed E-state index contributed by atoms with van der Waals surface area (Å²) in [7, 11) is -4.16. The number of aliphatic hydroxyl groups is 1. The molecule has 2 aliphatic heterocycles. The number of sulfonamides is 1. The first-order chi connectivity index (χ1) is 20.1. The first kappa shape index (κ1) is 31.5. The molecule has 2 atom stereocenters. The molecule has 2 aliphatic rings. The van der Waals surface area contributed by atoms with Crippen molar-refractivity contribution < 1.29 is 42.0 Å². The lowest BCUT2D eigenvalue weighted by molar-refractivity contribution is -0.151. The number of nitrogens with one attached hydrogen (secondary N) is 1. The maximum atomic E-state index is 14.0. The zero-order chi connectivity index (χ0) is 30.2. The summed E-state index contributed by atoms with van der Waals surface area (Å²) in [6.07, 6.45) is -1.83. The first-order valence-electron chi connectivity index (χ1n) is 13.7. The highest BCUT2D eigenvalue weighted by molar-refractivity contribution is 7.89. The van der Waals surface area contributed by atoms with Crippen molar-refractivity contribution in [1.82, 2.24) is 9.62 Å². The van der Waals surface area contributed by atoms with Crippen molar-refractivity contribution in [3.8, 4) is 17.6 Å². The van der Waals surface area contributed by atoms with E-state index in [9.17, 15) is 18.3 Å². The fourth-order valence-corrected chi connectivity index (χ4v) is 6.41. The molecule has 0 spiro atoms. The van der Waals surface area contributed by atoms with Crippen LogP contribution in [0.15, 0.2) is 53.4 Å². The van der Waals surface area contributed by atoms with Crippen LogP contribution >= 0.6 is 0 Å². The number of benzene rings is 2. The van der Waals surface area contributed by atoms with Gasteiger partial charge in [-0.1, -0.05) is 44.2 Å². The maximum Gasteiger partial charge on any atom is 0.407 e. The quantitative estimate of drug-likeness (QED) is 0.349. The zero-order valence-electron chi connectivity index (χ0n) is 23.7. The summed E-state index contributed by atoms with van der Waals surface area (Å²) in [4.78, 5) is 12.8. The van der Waals surface area contributed by atoms with Crippen LogP contribution in [0.4, 0.5) is 4.79 Å². The van der Waals surface area contributed by atoms with E-state index < -0.39 is 39.8 Å². The summed E-state index contributed by atoms with van der Waals surface area (Å²) in [5.41, 5.74) is 0.229. The number of hydrogen-bond acceptors (Lipinski definition) is 10. The van der Waals surface area contributed by atoms with Gasteiger partial charge in [0.15, 0.2) is 17.6 Å². The van der Waals surface area contributed by atoms with Gasteiger partial charge in [-0.05, 0) is 36.0 Å². The van der Waals surface area contributed by atoms with E-state index in [0.29, 0.717) is 17.9 Å². The van der Waals surface area contributed by atoms with E-state index in [1.807, 2.05) is 44.2 Å². The smallest absolute Gasteiger partial charge is 0.407 e. The van der Waals surface area contributed by atoms with Crippen molar-refractivity contribution in [3.05, 3.63) is 54.1 Å². The van der Waals surface area contributed by atoms with Crippen molar-refractivity contribution in [2.24, 2.45) is 5.41 Å². The number of ether oxygens (including phenoxy) is 5. The second-order valence-electron chi connectivity index (χ2n) is 11.0. The van der Waals surface area contributed by atoms with E-state index in [0.717, 1.165) is 5.56 Å². The van der Waals surface area contributed by atoms with Gasteiger partial charge in [0.25, 0.3) is 0 Å². The van der Waals surface area contributed by atoms with Gasteiger partial charge in [-0.15, -0.1) is 0 Å². The van der Waals surface area contributed by atoms with Gasteiger partial charge in [-0.25, -0.2) is 13.2 Å². The highest BCUT2D eigenvalue weighted by Gasteiger charge is 2.36. The van der Waals surface area contributed by atoms with Crippen LogP contribution in [0.1, 0.15) is 32.3 Å². The second-order valence-corrected chi connectivity index (χ2v) is 13.0. The van der Waals surface area contributed by atoms with E-state index in [1.54, 1.807) is 0 Å². The molecule has 2 heterocycles. The molecule has 0 aromatic heterocycles. The van der Waals surface area contributed by atoms with Gasteiger partial charge in [0.2, 0.25) is 16.8 Å². The minimum atomic E-state index is -4.16. The van der Waals surface area contributed by atoms with Gasteiger partial charge < -0.3 is 34.1 Å². The number of rotatable bonds is 13. The maximum absolute atomic E-state index is 14.0. The Balaban J connectivity index is 1.59. The van der Waals surface area contributed by atoms with E-state index in [4.69, 9.17) is 28.9 Å². The molecule has 12 nitrogen and oxygen atoms in total. The van der Waals surface area contributed by atoms with Crippen LogP contribution in [0, 0.1) is 16.7 Å². The fourth-order valence-electron chi connectivity index (χ4n) is 4.74. The predicted octanol–water partition coefficient (Wildman–Crippen LogP) is 2.81. The second kappa shape index (κ2) is 14.2. The minimum absolute atomic E-state index is 0.00943. The zero-order valence-corrected chi connectivity index (χ0v) is 24.5. The van der Waals surface area contributed by atoms with Gasteiger partial charge >= 0.3 is 6.09 Å². The van der Waals surface area contributed by atoms with Crippen molar-refractivity contribution in [3.63, 3.8) is 0 Å². The average Bonchev–Trinajstić information content (AvgIpc) is 3.44. The van der Waals surface area contributed by atoms with Gasteiger partial charge in [0.1, 0.15) is 6.79 Å². The Labute approximate surface area is 246 Å². The van der Waals surface area contributed by atoms with E-state index in [-0.39, 0.29) is 57.6 Å². The highest BCUT2D eigenvalue weighted by Crippen LogP contribution is 2.35. The lowest BCUT2D eigenvalue weighted by Crippen LogP contribution is -2.52. The molecule has 2 aromatic carbocycles. The number of hydrogen-bond donors (Lipinski definition) is 2. The normalized spacial score (nSPS) is 16.9. The van der Waals surface area contributed by atoms with E-state index in [2.05, 4.69) is 11.4 Å². The number of amides is 1. The molecule has 4 rings (SSSR count). The predicted molar refractivity (Wildman–Crippen MR) is 150 cm³/mol. The average molecular weight is 604 g/mol. The van der Waals surface area contributed by atoms with Gasteiger partial charge in [-0.2, -0.15) is 9.57 Å². The Hall–Kier alpha value is -3.41. The molecule has 1 saturated heterocycles. The summed E-state index contributed by atoms with van der Waals surface area (Å²) in [6.45, 7) is 3.88. The molecule has 1 amide bonds. The Kier molecular flexibility index (Phi) is 10.6. The van der Waals surface area contributed by atoms with Crippen molar-refractivity contribution in [2.45, 2.75) is 56.3 Å². The molecular weight excluding hydrogens is 566 g/mol. The topological polar surface area (TPSA) is 157 Å². The SMILES string of the molecule is CC(C)(CCC#N)CN(C[C@@H](O)[C@H](Cc1ccccc1)NC(=O)OC1COCOC1)S(=O)(=O)c1ccc2c(c1)OCO2. The number of nitriles is 1. The van der Waals surface area contributed by atoms with Crippen molar-refractivity contribution in [2.75, 3.05) is 39.9 Å². The first-order valence-corrected chi connectivity index (χ1v) is 15.1. The van der Waals surface area contributed by atoms with Gasteiger partial charge in [0.05, 0.1) is 36.3 Å². The number of aliphatic hydroxyl groups excluding tert-OH is 1. The molecular formula is C29H37N3O9S.